The van der Waals surface area contributed by atoms with Crippen LogP contribution >= 0.6 is 11.6 Å². The molecular formula is C33H40ClN3O4S. The normalized spacial score (nSPS) is 14.7. The Bertz CT molecular complexity index is 1450. The maximum Gasteiger partial charge on any atom is 0.264 e. The van der Waals surface area contributed by atoms with Crippen LogP contribution in [-0.4, -0.2) is 43.8 Å². The van der Waals surface area contributed by atoms with Crippen molar-refractivity contribution in [3.8, 4) is 0 Å². The highest BCUT2D eigenvalue weighted by Gasteiger charge is 2.34. The van der Waals surface area contributed by atoms with Crippen LogP contribution in [0.2, 0.25) is 5.02 Å². The van der Waals surface area contributed by atoms with Gasteiger partial charge in [0.25, 0.3) is 10.0 Å². The van der Waals surface area contributed by atoms with E-state index in [0.29, 0.717) is 17.1 Å². The van der Waals surface area contributed by atoms with Crippen LogP contribution in [0.25, 0.3) is 0 Å². The van der Waals surface area contributed by atoms with Gasteiger partial charge in [-0.05, 0) is 75.1 Å². The molecule has 2 amide bonds. The van der Waals surface area contributed by atoms with E-state index >= 15 is 0 Å². The van der Waals surface area contributed by atoms with E-state index in [2.05, 4.69) is 5.32 Å². The van der Waals surface area contributed by atoms with Crippen LogP contribution in [0.4, 0.5) is 5.69 Å². The number of aryl methyl sites for hydroxylation is 2. The lowest BCUT2D eigenvalue weighted by molar-refractivity contribution is -0.140. The molecule has 3 aromatic carbocycles. The molecule has 0 heterocycles. The minimum Gasteiger partial charge on any atom is -0.352 e. The summed E-state index contributed by atoms with van der Waals surface area (Å²) in [5.74, 6) is -0.670. The van der Waals surface area contributed by atoms with Crippen molar-refractivity contribution in [1.82, 2.24) is 10.2 Å². The molecule has 0 aromatic heterocycles. The summed E-state index contributed by atoms with van der Waals surface area (Å²) in [5, 5.41) is 3.62. The largest absolute Gasteiger partial charge is 0.352 e. The summed E-state index contributed by atoms with van der Waals surface area (Å²) in [4.78, 5) is 29.4. The van der Waals surface area contributed by atoms with E-state index in [0.717, 1.165) is 53.1 Å². The van der Waals surface area contributed by atoms with Gasteiger partial charge >= 0.3 is 0 Å². The van der Waals surface area contributed by atoms with Crippen LogP contribution in [0.15, 0.2) is 77.7 Å². The number of nitrogens with zero attached hydrogens (tertiary/aromatic N) is 2. The Hall–Kier alpha value is -3.36. The number of anilines is 1. The van der Waals surface area contributed by atoms with Crippen LogP contribution < -0.4 is 9.62 Å². The minimum absolute atomic E-state index is 0.0722. The Labute approximate surface area is 254 Å². The van der Waals surface area contributed by atoms with Gasteiger partial charge in [0.1, 0.15) is 12.6 Å². The summed E-state index contributed by atoms with van der Waals surface area (Å²) in [7, 11) is -4.12. The SMILES string of the molecule is CCC(C(=O)NC1CCCCC1)N(Cc1ccc(C)cc1)C(=O)CN(c1ccc(Cl)cc1)S(=O)(=O)c1ccc(C)cc1. The molecule has 7 nitrogen and oxygen atoms in total. The van der Waals surface area contributed by atoms with Crippen molar-refractivity contribution in [2.24, 2.45) is 0 Å². The van der Waals surface area contributed by atoms with E-state index in [1.807, 2.05) is 45.0 Å². The number of rotatable bonds is 11. The second-order valence-corrected chi connectivity index (χ2v) is 13.4. The van der Waals surface area contributed by atoms with Gasteiger partial charge in [0.05, 0.1) is 10.6 Å². The van der Waals surface area contributed by atoms with Gasteiger partial charge in [0, 0.05) is 17.6 Å². The van der Waals surface area contributed by atoms with Gasteiger partial charge in [0.15, 0.2) is 0 Å². The summed E-state index contributed by atoms with van der Waals surface area (Å²) in [6, 6.07) is 20.0. The standard InChI is InChI=1S/C33H40ClN3O4S/c1-4-31(33(39)35-28-8-6-5-7-9-28)36(22-26-14-10-24(2)11-15-26)32(38)23-37(29-18-16-27(34)17-19-29)42(40,41)30-20-12-25(3)13-21-30/h10-21,28,31H,4-9,22-23H2,1-3H3,(H,35,39). The highest BCUT2D eigenvalue weighted by atomic mass is 35.5. The molecule has 1 aliphatic carbocycles. The third-order valence-electron chi connectivity index (χ3n) is 7.81. The van der Waals surface area contributed by atoms with E-state index in [4.69, 9.17) is 11.6 Å². The Morgan fingerprint density at radius 3 is 2.02 bits per heavy atom. The molecule has 1 unspecified atom stereocenters. The zero-order valence-electron chi connectivity index (χ0n) is 24.6. The van der Waals surface area contributed by atoms with Gasteiger partial charge in [-0.1, -0.05) is 85.3 Å². The first kappa shape index (κ1) is 31.6. The van der Waals surface area contributed by atoms with Crippen LogP contribution in [0.3, 0.4) is 0 Å². The van der Waals surface area contributed by atoms with Crippen LogP contribution in [0.1, 0.15) is 62.1 Å². The number of halogens is 1. The molecule has 1 atom stereocenters. The average Bonchev–Trinajstić information content (AvgIpc) is 2.98. The molecule has 1 N–H and O–H groups in total. The average molecular weight is 610 g/mol. The van der Waals surface area contributed by atoms with Crippen LogP contribution in [-0.2, 0) is 26.2 Å². The van der Waals surface area contributed by atoms with Crippen LogP contribution in [0.5, 0.6) is 0 Å². The fourth-order valence-electron chi connectivity index (χ4n) is 5.33. The molecule has 1 aliphatic rings. The first-order valence-corrected chi connectivity index (χ1v) is 16.4. The van der Waals surface area contributed by atoms with Gasteiger partial charge in [-0.25, -0.2) is 8.42 Å². The van der Waals surface area contributed by atoms with E-state index in [1.165, 1.54) is 17.0 Å². The lowest BCUT2D eigenvalue weighted by Crippen LogP contribution is -2.54. The molecule has 224 valence electrons. The molecule has 0 saturated heterocycles. The number of sulfonamides is 1. The number of carbonyl (C=O) groups excluding carboxylic acids is 2. The van der Waals surface area contributed by atoms with Gasteiger partial charge in [-0.15, -0.1) is 0 Å². The summed E-state index contributed by atoms with van der Waals surface area (Å²) in [6.07, 6.45) is 5.54. The summed E-state index contributed by atoms with van der Waals surface area (Å²) >= 11 is 6.11. The first-order valence-electron chi connectivity index (χ1n) is 14.6. The summed E-state index contributed by atoms with van der Waals surface area (Å²) in [6.45, 7) is 5.44. The lowest BCUT2D eigenvalue weighted by atomic mass is 9.95. The van der Waals surface area contributed by atoms with Crippen LogP contribution in [0, 0.1) is 13.8 Å². The van der Waals surface area contributed by atoms with E-state index in [1.54, 1.807) is 36.4 Å². The molecule has 0 bridgehead atoms. The zero-order valence-corrected chi connectivity index (χ0v) is 26.1. The molecular weight excluding hydrogens is 570 g/mol. The van der Waals surface area contributed by atoms with Gasteiger partial charge in [-0.3, -0.25) is 13.9 Å². The van der Waals surface area contributed by atoms with E-state index in [9.17, 15) is 18.0 Å². The monoisotopic (exact) mass is 609 g/mol. The summed E-state index contributed by atoms with van der Waals surface area (Å²) in [5.41, 5.74) is 3.17. The third-order valence-corrected chi connectivity index (χ3v) is 9.85. The fourth-order valence-corrected chi connectivity index (χ4v) is 6.87. The Kier molecular flexibility index (Phi) is 10.7. The van der Waals surface area contributed by atoms with Gasteiger partial charge in [-0.2, -0.15) is 0 Å². The molecule has 0 radical (unpaired) electrons. The maximum absolute atomic E-state index is 14.2. The number of hydrogen-bond donors (Lipinski definition) is 1. The van der Waals surface area contributed by atoms with Crippen molar-refractivity contribution >= 4 is 39.1 Å². The quantitative estimate of drug-likeness (QED) is 0.272. The van der Waals surface area contributed by atoms with Crippen molar-refractivity contribution in [1.29, 1.82) is 0 Å². The zero-order chi connectivity index (χ0) is 30.3. The van der Waals surface area contributed by atoms with Gasteiger partial charge in [0.2, 0.25) is 11.8 Å². The molecule has 0 aliphatic heterocycles. The van der Waals surface area contributed by atoms with Crippen molar-refractivity contribution in [3.05, 3.63) is 94.5 Å². The Balaban J connectivity index is 1.69. The predicted molar refractivity (Wildman–Crippen MR) is 168 cm³/mol. The summed E-state index contributed by atoms with van der Waals surface area (Å²) < 4.78 is 29.0. The molecule has 4 rings (SSSR count). The van der Waals surface area contributed by atoms with E-state index < -0.39 is 28.5 Å². The number of benzene rings is 3. The van der Waals surface area contributed by atoms with Crippen molar-refractivity contribution < 1.29 is 18.0 Å². The molecule has 9 heteroatoms. The minimum atomic E-state index is -4.12. The van der Waals surface area contributed by atoms with E-state index in [-0.39, 0.29) is 23.4 Å². The topological polar surface area (TPSA) is 86.8 Å². The first-order chi connectivity index (χ1) is 20.1. The second kappa shape index (κ2) is 14.2. The molecule has 3 aromatic rings. The lowest BCUT2D eigenvalue weighted by Gasteiger charge is -2.34. The Morgan fingerprint density at radius 2 is 1.45 bits per heavy atom. The second-order valence-electron chi connectivity index (χ2n) is 11.1. The maximum atomic E-state index is 14.2. The molecule has 0 spiro atoms. The number of hydrogen-bond acceptors (Lipinski definition) is 4. The smallest absolute Gasteiger partial charge is 0.264 e. The molecule has 1 saturated carbocycles. The number of carbonyl (C=O) groups is 2. The Morgan fingerprint density at radius 1 is 0.881 bits per heavy atom. The number of nitrogens with one attached hydrogen (secondary N) is 1. The third kappa shape index (κ3) is 7.92. The molecule has 1 fully saturated rings. The highest BCUT2D eigenvalue weighted by Crippen LogP contribution is 2.27. The van der Waals surface area contributed by atoms with Gasteiger partial charge < -0.3 is 10.2 Å². The number of amides is 2. The predicted octanol–water partition coefficient (Wildman–Crippen LogP) is 6.41. The van der Waals surface area contributed by atoms with Crippen molar-refractivity contribution in [3.63, 3.8) is 0 Å². The highest BCUT2D eigenvalue weighted by molar-refractivity contribution is 7.92. The fraction of sp³-hybridized carbons (Fsp3) is 0.394. The molecule has 42 heavy (non-hydrogen) atoms. The van der Waals surface area contributed by atoms with Crippen molar-refractivity contribution in [2.75, 3.05) is 10.8 Å². The van der Waals surface area contributed by atoms with Crippen molar-refractivity contribution in [2.45, 2.75) is 82.8 Å².